The highest BCUT2D eigenvalue weighted by Crippen LogP contribution is 2.17. The number of nitrogens with one attached hydrogen (secondary N) is 2. The maximum atomic E-state index is 11.3. The zero-order chi connectivity index (χ0) is 12.4. The Morgan fingerprint density at radius 2 is 2.17 bits per heavy atom. The number of carbonyl (C=O) groups excluding carboxylic acids is 2. The number of hydrogen-bond donors (Lipinski definition) is 4. The number of aliphatic carboxylic acids is 1. The Morgan fingerprint density at radius 1 is 1.44 bits per heavy atom. The summed E-state index contributed by atoms with van der Waals surface area (Å²) in [5, 5.41) is 15.5. The molecule has 18 heavy (non-hydrogen) atoms. The van der Waals surface area contributed by atoms with Crippen LogP contribution in [0, 0.1) is 0 Å². The molecular formula is C9H14ClN3O4S. The average molecular weight is 296 g/mol. The van der Waals surface area contributed by atoms with Gasteiger partial charge in [0, 0.05) is 6.42 Å². The van der Waals surface area contributed by atoms with Crippen LogP contribution in [0.5, 0.6) is 0 Å². The fourth-order valence-electron chi connectivity index (χ4n) is 1.92. The second-order valence-electron chi connectivity index (χ2n) is 4.10. The standard InChI is InChI=1S/C9H13N3O4S.ClH/c13-7-4(11-9(16)12-7)1-2-6-10-5(3-17-6)8(14)15;/h4-6,10H,1-3H2,(H,14,15)(H2,11,12,13,16);1H. The molecule has 2 fully saturated rings. The zero-order valence-corrected chi connectivity index (χ0v) is 11.0. The number of carboxylic acids is 1. The van der Waals surface area contributed by atoms with Crippen LogP contribution in [0.4, 0.5) is 4.79 Å². The Bertz CT molecular complexity index is 368. The van der Waals surface area contributed by atoms with Crippen LogP contribution in [0.2, 0.25) is 0 Å². The normalized spacial score (nSPS) is 30.6. The molecule has 0 radical (unpaired) electrons. The fourth-order valence-corrected chi connectivity index (χ4v) is 3.24. The van der Waals surface area contributed by atoms with E-state index in [0.29, 0.717) is 18.6 Å². The molecule has 3 unspecified atom stereocenters. The number of thioether (sulfide) groups is 1. The van der Waals surface area contributed by atoms with Gasteiger partial charge in [-0.1, -0.05) is 11.8 Å². The second kappa shape index (κ2) is 6.26. The van der Waals surface area contributed by atoms with Gasteiger partial charge in [-0.05, 0) is 6.42 Å². The summed E-state index contributed by atoms with van der Waals surface area (Å²) in [6.45, 7) is 0. The molecule has 9 heteroatoms. The topological polar surface area (TPSA) is 112 Å². The Labute approximate surface area is 114 Å². The highest BCUT2D eigenvalue weighted by atomic mass is 35.5. The number of rotatable bonds is 4. The van der Waals surface area contributed by atoms with Crippen LogP contribution in [0.1, 0.15) is 12.8 Å². The molecule has 2 rings (SSSR count). The molecule has 0 aliphatic carbocycles. The minimum atomic E-state index is -0.799. The summed E-state index contributed by atoms with van der Waals surface area (Å²) in [5.74, 6) is -0.511. The summed E-state index contributed by atoms with van der Waals surface area (Å²) in [4.78, 5) is 32.9. The maximum Gasteiger partial charge on any atom is 0.363 e. The fraction of sp³-hybridized carbons (Fsp3) is 0.667. The van der Waals surface area contributed by atoms with E-state index in [9.17, 15) is 14.4 Å². The first kappa shape index (κ1) is 15.1. The van der Waals surface area contributed by atoms with Gasteiger partial charge in [0.25, 0.3) is 5.91 Å². The van der Waals surface area contributed by atoms with Gasteiger partial charge in [-0.2, -0.15) is 0 Å². The Hall–Kier alpha value is -0.990. The van der Waals surface area contributed by atoms with Crippen molar-refractivity contribution in [3.05, 3.63) is 0 Å². The molecule has 0 aromatic carbocycles. The SMILES string of the molecule is O=C1NC(=O)C(CCC2[NH2+]C(C(=O)O)CS2)N1.[Cl-]. The first-order valence-electron chi connectivity index (χ1n) is 5.37. The molecule has 2 aliphatic rings. The third kappa shape index (κ3) is 3.50. The predicted molar refractivity (Wildman–Crippen MR) is 59.3 cm³/mol. The molecule has 0 saturated carbocycles. The van der Waals surface area contributed by atoms with Crippen molar-refractivity contribution < 1.29 is 37.2 Å². The van der Waals surface area contributed by atoms with Crippen molar-refractivity contribution in [1.29, 1.82) is 0 Å². The van der Waals surface area contributed by atoms with Gasteiger partial charge in [0.2, 0.25) is 0 Å². The van der Waals surface area contributed by atoms with E-state index < -0.39 is 24.1 Å². The van der Waals surface area contributed by atoms with Gasteiger partial charge in [0.05, 0.1) is 5.75 Å². The van der Waals surface area contributed by atoms with Crippen molar-refractivity contribution >= 4 is 29.7 Å². The largest absolute Gasteiger partial charge is 1.00 e. The monoisotopic (exact) mass is 295 g/mol. The number of nitrogens with two attached hydrogens (primary N) is 1. The third-order valence-electron chi connectivity index (χ3n) is 2.85. The van der Waals surface area contributed by atoms with Gasteiger partial charge in [-0.15, -0.1) is 0 Å². The molecule has 2 saturated heterocycles. The minimum Gasteiger partial charge on any atom is -1.00 e. The summed E-state index contributed by atoms with van der Waals surface area (Å²) in [7, 11) is 0. The lowest BCUT2D eigenvalue weighted by atomic mass is 10.1. The molecule has 0 bridgehead atoms. The molecule has 0 aromatic heterocycles. The first-order valence-corrected chi connectivity index (χ1v) is 6.42. The van der Waals surface area contributed by atoms with E-state index in [0.717, 1.165) is 0 Å². The lowest BCUT2D eigenvalue weighted by Gasteiger charge is -2.10. The number of imide groups is 1. The van der Waals surface area contributed by atoms with Gasteiger partial charge in [-0.3, -0.25) is 10.1 Å². The smallest absolute Gasteiger partial charge is 0.363 e. The van der Waals surface area contributed by atoms with E-state index in [1.54, 1.807) is 11.8 Å². The van der Waals surface area contributed by atoms with Gasteiger partial charge in [0.15, 0.2) is 6.04 Å². The summed E-state index contributed by atoms with van der Waals surface area (Å²) >= 11 is 1.58. The molecule has 0 aromatic rings. The maximum absolute atomic E-state index is 11.3. The van der Waals surface area contributed by atoms with Gasteiger partial charge in [-0.25, -0.2) is 9.59 Å². The van der Waals surface area contributed by atoms with Crippen molar-refractivity contribution in [3.63, 3.8) is 0 Å². The highest BCUT2D eigenvalue weighted by Gasteiger charge is 2.36. The number of halogens is 1. The van der Waals surface area contributed by atoms with Crippen LogP contribution in [0.3, 0.4) is 0 Å². The molecule has 0 spiro atoms. The van der Waals surface area contributed by atoms with Crippen molar-refractivity contribution in [2.75, 3.05) is 5.75 Å². The molecule has 3 atom stereocenters. The molecule has 102 valence electrons. The van der Waals surface area contributed by atoms with E-state index in [1.165, 1.54) is 0 Å². The van der Waals surface area contributed by atoms with Gasteiger partial charge in [0.1, 0.15) is 11.4 Å². The van der Waals surface area contributed by atoms with E-state index in [-0.39, 0.29) is 23.7 Å². The predicted octanol–water partition coefficient (Wildman–Crippen LogP) is -4.93. The molecular weight excluding hydrogens is 282 g/mol. The van der Waals surface area contributed by atoms with Crippen molar-refractivity contribution in [3.8, 4) is 0 Å². The average Bonchev–Trinajstić information content (AvgIpc) is 2.82. The Kier molecular flexibility index (Phi) is 5.24. The summed E-state index contributed by atoms with van der Waals surface area (Å²) in [5.41, 5.74) is 0. The van der Waals surface area contributed by atoms with Crippen LogP contribution >= 0.6 is 11.8 Å². The van der Waals surface area contributed by atoms with Crippen molar-refractivity contribution in [1.82, 2.24) is 10.6 Å². The van der Waals surface area contributed by atoms with E-state index >= 15 is 0 Å². The number of carboxylic acid groups (broad SMARTS) is 1. The molecule has 5 N–H and O–H groups in total. The number of urea groups is 1. The van der Waals surface area contributed by atoms with Crippen LogP contribution in [-0.4, -0.2) is 46.2 Å². The summed E-state index contributed by atoms with van der Waals surface area (Å²) < 4.78 is 0. The van der Waals surface area contributed by atoms with Crippen LogP contribution in [0.15, 0.2) is 0 Å². The van der Waals surface area contributed by atoms with Crippen LogP contribution in [0.25, 0.3) is 0 Å². The van der Waals surface area contributed by atoms with Crippen molar-refractivity contribution in [2.24, 2.45) is 0 Å². The summed E-state index contributed by atoms with van der Waals surface area (Å²) in [6.07, 6.45) is 1.24. The molecule has 2 aliphatic heterocycles. The Morgan fingerprint density at radius 3 is 2.67 bits per heavy atom. The van der Waals surface area contributed by atoms with Crippen molar-refractivity contribution in [2.45, 2.75) is 30.3 Å². The molecule has 2 heterocycles. The Balaban J connectivity index is 0.00000162. The van der Waals surface area contributed by atoms with Crippen LogP contribution in [-0.2, 0) is 9.59 Å². The van der Waals surface area contributed by atoms with Gasteiger partial charge >= 0.3 is 12.0 Å². The number of quaternary nitrogens is 1. The molecule has 3 amide bonds. The van der Waals surface area contributed by atoms with Gasteiger partial charge < -0.3 is 28.1 Å². The molecule has 7 nitrogen and oxygen atoms in total. The third-order valence-corrected chi connectivity index (χ3v) is 4.22. The minimum absolute atomic E-state index is 0. The van der Waals surface area contributed by atoms with E-state index in [1.807, 2.05) is 5.32 Å². The first-order chi connectivity index (χ1) is 8.06. The summed E-state index contributed by atoms with van der Waals surface area (Å²) in [6, 6.07) is -1.32. The second-order valence-corrected chi connectivity index (χ2v) is 5.37. The zero-order valence-electron chi connectivity index (χ0n) is 9.39. The highest BCUT2D eigenvalue weighted by molar-refractivity contribution is 7.99. The lowest BCUT2D eigenvalue weighted by molar-refractivity contribution is -0.680. The quantitative estimate of drug-likeness (QED) is 0.388. The lowest BCUT2D eigenvalue weighted by Crippen LogP contribution is -3.00. The number of amides is 3. The van der Waals surface area contributed by atoms with Crippen LogP contribution < -0.4 is 28.4 Å². The van der Waals surface area contributed by atoms with E-state index in [4.69, 9.17) is 5.11 Å². The van der Waals surface area contributed by atoms with E-state index in [2.05, 4.69) is 10.6 Å². The number of hydrogen-bond acceptors (Lipinski definition) is 4. The number of carbonyl (C=O) groups is 3.